The number of alkyl halides is 2. The van der Waals surface area contributed by atoms with E-state index in [9.17, 15) is 18.7 Å². The molecule has 1 aliphatic carbocycles. The van der Waals surface area contributed by atoms with E-state index in [-0.39, 0.29) is 23.3 Å². The monoisotopic (exact) mass is 534 g/mol. The second-order valence-electron chi connectivity index (χ2n) is 10.7. The molecule has 1 amide bonds. The van der Waals surface area contributed by atoms with Crippen molar-refractivity contribution in [3.8, 4) is 5.75 Å². The summed E-state index contributed by atoms with van der Waals surface area (Å²) in [5.74, 6) is -0.0410. The summed E-state index contributed by atoms with van der Waals surface area (Å²) in [6, 6.07) is 11.9. The lowest BCUT2D eigenvalue weighted by molar-refractivity contribution is -0.0498. The number of hydrogen-bond acceptors (Lipinski definition) is 4. The minimum absolute atomic E-state index is 0.0467. The first-order chi connectivity index (χ1) is 18.5. The summed E-state index contributed by atoms with van der Waals surface area (Å²) < 4.78 is 29.6. The zero-order valence-corrected chi connectivity index (χ0v) is 22.9. The number of carbonyl (C=O) groups excluding carboxylic acids is 1. The number of carbonyl (C=O) groups is 1. The smallest absolute Gasteiger partial charge is 0.387 e. The van der Waals surface area contributed by atoms with Crippen LogP contribution < -0.4 is 10.1 Å². The predicted octanol–water partition coefficient (Wildman–Crippen LogP) is 7.19. The normalized spacial score (nSPS) is 19.6. The number of rotatable bonds is 9. The minimum Gasteiger partial charge on any atom is -0.435 e. The highest BCUT2D eigenvalue weighted by Crippen LogP contribution is 2.37. The van der Waals surface area contributed by atoms with E-state index in [1.807, 2.05) is 25.1 Å². The Morgan fingerprint density at radius 2 is 1.97 bits per heavy atom. The molecule has 1 saturated carbocycles. The largest absolute Gasteiger partial charge is 0.435 e. The van der Waals surface area contributed by atoms with Gasteiger partial charge < -0.3 is 15.2 Å². The van der Waals surface area contributed by atoms with Crippen molar-refractivity contribution in [3.05, 3.63) is 89.0 Å². The molecule has 2 bridgehead atoms. The van der Waals surface area contributed by atoms with Crippen LogP contribution in [0.4, 0.5) is 14.5 Å². The molecule has 1 aliphatic heterocycles. The maximum atomic E-state index is 12.9. The molecule has 2 N–H and O–H groups in total. The minimum atomic E-state index is -2.95. The lowest BCUT2D eigenvalue weighted by atomic mass is 9.93. The molecule has 2 atom stereocenters. The van der Waals surface area contributed by atoms with Crippen LogP contribution in [0.5, 0.6) is 5.75 Å². The Labute approximate surface area is 229 Å². The van der Waals surface area contributed by atoms with E-state index >= 15 is 0 Å². The van der Waals surface area contributed by atoms with Gasteiger partial charge in [0.25, 0.3) is 5.91 Å². The van der Waals surface area contributed by atoms with Crippen LogP contribution in [0, 0.1) is 5.92 Å². The lowest BCUT2D eigenvalue weighted by Gasteiger charge is -2.19. The van der Waals surface area contributed by atoms with E-state index in [1.165, 1.54) is 23.8 Å². The number of allylic oxidation sites excluding steroid dienone is 5. The fourth-order valence-corrected chi connectivity index (χ4v) is 4.88. The summed E-state index contributed by atoms with van der Waals surface area (Å²) >= 11 is 0. The van der Waals surface area contributed by atoms with Gasteiger partial charge in [-0.25, -0.2) is 0 Å². The van der Waals surface area contributed by atoms with Gasteiger partial charge in [-0.1, -0.05) is 43.4 Å². The van der Waals surface area contributed by atoms with Gasteiger partial charge in [-0.05, 0) is 105 Å². The van der Waals surface area contributed by atoms with Crippen LogP contribution in [-0.2, 0) is 6.42 Å². The Balaban J connectivity index is 1.56. The number of nitrogens with one attached hydrogen (secondary N) is 1. The van der Waals surface area contributed by atoms with Crippen LogP contribution >= 0.6 is 0 Å². The van der Waals surface area contributed by atoms with Gasteiger partial charge in [0, 0.05) is 11.3 Å². The number of aliphatic hydroxyl groups is 1. The molecule has 0 saturated heterocycles. The van der Waals surface area contributed by atoms with Crippen molar-refractivity contribution in [2.45, 2.75) is 71.6 Å². The summed E-state index contributed by atoms with van der Waals surface area (Å²) in [6.45, 7) is 4.63. The van der Waals surface area contributed by atoms with Gasteiger partial charge in [0.05, 0.1) is 17.3 Å². The highest BCUT2D eigenvalue weighted by atomic mass is 19.3. The molecule has 2 aliphatic rings. The molecule has 1 fully saturated rings. The lowest BCUT2D eigenvalue weighted by Crippen LogP contribution is -2.38. The van der Waals surface area contributed by atoms with Crippen molar-refractivity contribution >= 4 is 22.9 Å². The molecule has 2 unspecified atom stereocenters. The van der Waals surface area contributed by atoms with Gasteiger partial charge in [0.1, 0.15) is 5.75 Å². The summed E-state index contributed by atoms with van der Waals surface area (Å²) in [4.78, 5) is 17.8. The van der Waals surface area contributed by atoms with Crippen LogP contribution in [0.1, 0.15) is 68.4 Å². The van der Waals surface area contributed by atoms with E-state index in [4.69, 9.17) is 4.99 Å². The molecular weight excluding hydrogens is 498 g/mol. The average molecular weight is 535 g/mol. The fourth-order valence-electron chi connectivity index (χ4n) is 4.88. The maximum Gasteiger partial charge on any atom is 0.387 e. The highest BCUT2D eigenvalue weighted by molar-refractivity contribution is 6.01. The number of benzene rings is 2. The number of ether oxygens (including phenoxy) is 1. The summed E-state index contributed by atoms with van der Waals surface area (Å²) in [7, 11) is 0. The maximum absolute atomic E-state index is 12.9. The van der Waals surface area contributed by atoms with Crippen molar-refractivity contribution < 1.29 is 23.4 Å². The highest BCUT2D eigenvalue weighted by Gasteiger charge is 2.34. The third-order valence-electron chi connectivity index (χ3n) is 7.29. The molecule has 0 spiro atoms. The number of amides is 1. The van der Waals surface area contributed by atoms with Gasteiger partial charge in [0.15, 0.2) is 0 Å². The van der Waals surface area contributed by atoms with Crippen molar-refractivity contribution in [3.63, 3.8) is 0 Å². The average Bonchev–Trinajstić information content (AvgIpc) is 3.13. The van der Waals surface area contributed by atoms with Crippen LogP contribution in [0.25, 0.3) is 5.57 Å². The van der Waals surface area contributed by atoms with Gasteiger partial charge >= 0.3 is 6.61 Å². The number of hydrogen-bond donors (Lipinski definition) is 2. The molecule has 4 rings (SSSR count). The summed E-state index contributed by atoms with van der Waals surface area (Å²) in [5, 5.41) is 13.3. The Kier molecular flexibility index (Phi) is 8.80. The third kappa shape index (κ3) is 7.30. The van der Waals surface area contributed by atoms with E-state index in [2.05, 4.69) is 41.3 Å². The van der Waals surface area contributed by atoms with Gasteiger partial charge in [-0.15, -0.1) is 0 Å². The number of nitrogens with zero attached hydrogens (tertiary/aromatic N) is 1. The molecule has 2 aromatic rings. The number of halogens is 2. The van der Waals surface area contributed by atoms with E-state index in [0.717, 1.165) is 53.8 Å². The second-order valence-corrected chi connectivity index (χ2v) is 10.7. The van der Waals surface area contributed by atoms with Crippen LogP contribution in [0.3, 0.4) is 0 Å². The first-order valence-corrected chi connectivity index (χ1v) is 13.4. The molecule has 7 heteroatoms. The molecule has 2 aromatic carbocycles. The molecule has 1 heterocycles. The van der Waals surface area contributed by atoms with Crippen LogP contribution in [-0.4, -0.2) is 35.0 Å². The fraction of sp³-hybridized carbons (Fsp3) is 0.375. The van der Waals surface area contributed by atoms with Crippen molar-refractivity contribution in [2.24, 2.45) is 10.9 Å². The van der Waals surface area contributed by atoms with Crippen molar-refractivity contribution in [1.29, 1.82) is 0 Å². The van der Waals surface area contributed by atoms with E-state index in [1.54, 1.807) is 19.9 Å². The van der Waals surface area contributed by atoms with Crippen molar-refractivity contribution in [1.82, 2.24) is 5.32 Å². The third-order valence-corrected chi connectivity index (χ3v) is 7.29. The Morgan fingerprint density at radius 1 is 1.18 bits per heavy atom. The van der Waals surface area contributed by atoms with Crippen molar-refractivity contribution in [2.75, 3.05) is 0 Å². The molecule has 0 radical (unpaired) electrons. The Hall–Kier alpha value is -3.58. The predicted molar refractivity (Wildman–Crippen MR) is 152 cm³/mol. The zero-order valence-electron chi connectivity index (χ0n) is 22.9. The number of fused-ring (bicyclic) bond motifs is 3. The van der Waals surface area contributed by atoms with E-state index in [0.29, 0.717) is 5.92 Å². The molecule has 206 valence electrons. The Bertz CT molecular complexity index is 1340. The standard InChI is InChI=1S/C32H36F2N2O3/c1-5-6-8-22(12-11-20(2)32(3,4)38)23-13-14-27-25(18-23)15-21-16-28(35-27)29(17-21)36-30(37)24-9-7-10-26(19-24)39-31(33)34/h6-14,18-19,21,29,31,38H,5,15-17H2,1-4H3,(H,36,37)/b8-6+,20-11+,22-12+. The Morgan fingerprint density at radius 3 is 2.69 bits per heavy atom. The first kappa shape index (κ1) is 28.4. The zero-order chi connectivity index (χ0) is 28.2. The molecule has 0 aromatic heterocycles. The summed E-state index contributed by atoms with van der Waals surface area (Å²) in [6.07, 6.45) is 11.6. The number of aliphatic imine (C=N–C) groups is 1. The molecule has 39 heavy (non-hydrogen) atoms. The summed E-state index contributed by atoms with van der Waals surface area (Å²) in [5.41, 5.74) is 5.44. The molecule has 5 nitrogen and oxygen atoms in total. The van der Waals surface area contributed by atoms with Crippen LogP contribution in [0.15, 0.2) is 77.3 Å². The van der Waals surface area contributed by atoms with Gasteiger partial charge in [-0.2, -0.15) is 8.78 Å². The second kappa shape index (κ2) is 12.1. The van der Waals surface area contributed by atoms with Gasteiger partial charge in [0.2, 0.25) is 0 Å². The molecular formula is C32H36F2N2O3. The van der Waals surface area contributed by atoms with E-state index < -0.39 is 12.2 Å². The topological polar surface area (TPSA) is 70.9 Å². The quantitative estimate of drug-likeness (QED) is 0.335. The van der Waals surface area contributed by atoms with Crippen LogP contribution in [0.2, 0.25) is 0 Å². The first-order valence-electron chi connectivity index (χ1n) is 13.4. The van der Waals surface area contributed by atoms with Gasteiger partial charge in [-0.3, -0.25) is 9.79 Å². The SMILES string of the molecule is CC/C=C/C(=C\C=C(/C)C(C)(C)O)c1ccc2c(c1)CC1CC(=N2)C(NC(=O)c2cccc(OC(F)F)c2)C1.